The van der Waals surface area contributed by atoms with Crippen LogP contribution in [0.4, 0.5) is 0 Å². The molecule has 0 unspecified atom stereocenters. The molecule has 0 atom stereocenters. The monoisotopic (exact) mass is 176 g/mol. The molecule has 62 valence electrons. The Kier molecular flexibility index (Phi) is 2.02. The molecule has 0 N–H and O–H groups in total. The maximum atomic E-state index is 2.37. The molecule has 2 rings (SSSR count). The highest BCUT2D eigenvalue weighted by atomic mass is 31.1. The van der Waals surface area contributed by atoms with Crippen molar-refractivity contribution in [3.8, 4) is 0 Å². The van der Waals surface area contributed by atoms with Crippen molar-refractivity contribution in [1.82, 2.24) is 0 Å². The number of hydrogen-bond donors (Lipinski definition) is 0. The van der Waals surface area contributed by atoms with Gasteiger partial charge in [-0.2, -0.15) is 0 Å². The molecule has 0 fully saturated rings. The lowest BCUT2D eigenvalue weighted by atomic mass is 10.1. The van der Waals surface area contributed by atoms with Crippen molar-refractivity contribution in [2.45, 2.75) is 26.7 Å². The van der Waals surface area contributed by atoms with Gasteiger partial charge in [-0.3, -0.25) is 0 Å². The van der Waals surface area contributed by atoms with Crippen LogP contribution in [0.5, 0.6) is 0 Å². The lowest BCUT2D eigenvalue weighted by Gasteiger charge is -1.95. The normalized spacial score (nSPS) is 21.2. The van der Waals surface area contributed by atoms with Crippen LogP contribution < -0.4 is 0 Å². The van der Waals surface area contributed by atoms with Crippen molar-refractivity contribution in [3.63, 3.8) is 0 Å². The van der Waals surface area contributed by atoms with E-state index in [1.807, 2.05) is 0 Å². The molecule has 1 heteroatoms. The van der Waals surface area contributed by atoms with Gasteiger partial charge < -0.3 is 0 Å². The third-order valence-corrected chi connectivity index (χ3v) is 3.75. The van der Waals surface area contributed by atoms with E-state index in [4.69, 9.17) is 0 Å². The van der Waals surface area contributed by atoms with Gasteiger partial charge in [0.15, 0.2) is 0 Å². The van der Waals surface area contributed by atoms with E-state index >= 15 is 0 Å². The van der Waals surface area contributed by atoms with Crippen LogP contribution in [0.3, 0.4) is 0 Å². The number of rotatable bonds is 2. The Hall–Kier alpha value is -0.610. The predicted octanol–water partition coefficient (Wildman–Crippen LogP) is 3.69. The molecule has 12 heavy (non-hydrogen) atoms. The Balaban J connectivity index is 2.40. The summed E-state index contributed by atoms with van der Waals surface area (Å²) in [6.45, 7) is 4.46. The van der Waals surface area contributed by atoms with Gasteiger partial charge in [0.1, 0.15) is 0 Å². The van der Waals surface area contributed by atoms with E-state index in [2.05, 4.69) is 32.1 Å². The quantitative estimate of drug-likeness (QED) is 0.563. The van der Waals surface area contributed by atoms with Gasteiger partial charge in [-0.1, -0.05) is 28.1 Å². The van der Waals surface area contributed by atoms with E-state index in [0.29, 0.717) is 0 Å². The molecule has 0 saturated heterocycles. The van der Waals surface area contributed by atoms with Crippen LogP contribution in [0.25, 0.3) is 0 Å². The summed E-state index contributed by atoms with van der Waals surface area (Å²) >= 11 is 0. The van der Waals surface area contributed by atoms with E-state index in [1.165, 1.54) is 37.5 Å². The van der Waals surface area contributed by atoms with Gasteiger partial charge >= 0.3 is 0 Å². The van der Waals surface area contributed by atoms with Crippen molar-refractivity contribution in [1.29, 1.82) is 0 Å². The Morgan fingerprint density at radius 2 is 2.00 bits per heavy atom. The summed E-state index contributed by atoms with van der Waals surface area (Å²) in [7, 11) is 1.44. The van der Waals surface area contributed by atoms with Gasteiger partial charge in [-0.05, 0) is 41.5 Å². The number of allylic oxidation sites excluding steroid dienone is 6. The highest BCUT2D eigenvalue weighted by Crippen LogP contribution is 2.36. The maximum Gasteiger partial charge on any atom is 0.00959 e. The Bertz CT molecular complexity index is 327. The van der Waals surface area contributed by atoms with E-state index < -0.39 is 0 Å². The summed E-state index contributed by atoms with van der Waals surface area (Å²) in [4.78, 5) is 0. The molecule has 0 aromatic rings. The molecule has 2 aliphatic rings. The van der Waals surface area contributed by atoms with Crippen LogP contribution in [0.15, 0.2) is 34.7 Å². The molecule has 0 radical (unpaired) electrons. The van der Waals surface area contributed by atoms with E-state index in [9.17, 15) is 0 Å². The first-order valence-electron chi connectivity index (χ1n) is 4.56. The second-order valence-corrected chi connectivity index (χ2v) is 4.39. The summed E-state index contributed by atoms with van der Waals surface area (Å²) in [5, 5.41) is 3.08. The fraction of sp³-hybridized carbons (Fsp3) is 0.364. The number of fused-ring (bicyclic) bond motifs is 1. The first kappa shape index (κ1) is 8.01. The second-order valence-electron chi connectivity index (χ2n) is 3.11. The van der Waals surface area contributed by atoms with Crippen LogP contribution in [-0.4, -0.2) is 5.29 Å². The van der Waals surface area contributed by atoms with Crippen LogP contribution in [0.1, 0.15) is 26.7 Å². The summed E-state index contributed by atoms with van der Waals surface area (Å²) in [6, 6.07) is 0. The van der Waals surface area contributed by atoms with Crippen molar-refractivity contribution in [3.05, 3.63) is 34.7 Å². The molecule has 0 aromatic carbocycles. The van der Waals surface area contributed by atoms with E-state index in [-0.39, 0.29) is 0 Å². The van der Waals surface area contributed by atoms with Crippen molar-refractivity contribution in [2.75, 3.05) is 0 Å². The van der Waals surface area contributed by atoms with Gasteiger partial charge in [0, 0.05) is 5.29 Å². The first-order valence-corrected chi connectivity index (χ1v) is 5.45. The third-order valence-electron chi connectivity index (χ3n) is 2.38. The molecular weight excluding hydrogens is 163 g/mol. The zero-order valence-electron chi connectivity index (χ0n) is 7.59. The second kappa shape index (κ2) is 3.03. The topological polar surface area (TPSA) is 0 Å². The highest BCUT2D eigenvalue weighted by Gasteiger charge is 2.16. The van der Waals surface area contributed by atoms with Crippen LogP contribution >= 0.6 is 8.20 Å². The van der Waals surface area contributed by atoms with E-state index in [0.717, 1.165) is 0 Å². The van der Waals surface area contributed by atoms with Gasteiger partial charge in [-0.15, -0.1) is 0 Å². The molecule has 0 amide bonds. The molecule has 0 bridgehead atoms. The molecule has 1 aliphatic heterocycles. The summed E-state index contributed by atoms with van der Waals surface area (Å²) in [6.07, 6.45) is 9.27. The Morgan fingerprint density at radius 1 is 1.17 bits per heavy atom. The molecule has 1 aliphatic carbocycles. The largest absolute Gasteiger partial charge is 0.0643 e. The van der Waals surface area contributed by atoms with Gasteiger partial charge in [-0.25, -0.2) is 0 Å². The minimum Gasteiger partial charge on any atom is -0.0643 e. The smallest absolute Gasteiger partial charge is 0.00959 e. The molecular formula is C11H13P. The minimum absolute atomic E-state index is 1.17. The van der Waals surface area contributed by atoms with Gasteiger partial charge in [0.25, 0.3) is 0 Å². The maximum absolute atomic E-state index is 2.37. The average Bonchev–Trinajstić information content (AvgIpc) is 2.61. The van der Waals surface area contributed by atoms with Crippen molar-refractivity contribution < 1.29 is 0 Å². The molecule has 1 heterocycles. The first-order chi connectivity index (χ1) is 5.85. The summed E-state index contributed by atoms with van der Waals surface area (Å²) in [5.41, 5.74) is 3.02. The van der Waals surface area contributed by atoms with Crippen LogP contribution in [-0.2, 0) is 0 Å². The molecule has 0 saturated carbocycles. The molecule has 0 spiro atoms. The zero-order chi connectivity index (χ0) is 8.55. The summed E-state index contributed by atoms with van der Waals surface area (Å²) in [5.74, 6) is 0. The predicted molar refractivity (Wildman–Crippen MR) is 56.8 cm³/mol. The number of hydrogen-bond acceptors (Lipinski definition) is 0. The lowest BCUT2D eigenvalue weighted by Crippen LogP contribution is -1.86. The fourth-order valence-electron chi connectivity index (χ4n) is 1.63. The van der Waals surface area contributed by atoms with Crippen molar-refractivity contribution in [2.24, 2.45) is 0 Å². The van der Waals surface area contributed by atoms with E-state index in [1.54, 1.807) is 5.31 Å². The zero-order valence-corrected chi connectivity index (χ0v) is 8.49. The summed E-state index contributed by atoms with van der Waals surface area (Å²) < 4.78 is 0. The third kappa shape index (κ3) is 1.11. The van der Waals surface area contributed by atoms with Crippen LogP contribution in [0.2, 0.25) is 0 Å². The average molecular weight is 176 g/mol. The Morgan fingerprint density at radius 3 is 2.67 bits per heavy atom. The minimum atomic E-state index is 1.17. The fourth-order valence-corrected chi connectivity index (χ4v) is 2.77. The van der Waals surface area contributed by atoms with Crippen molar-refractivity contribution >= 4 is 13.5 Å². The SMILES string of the molecule is CCC1=CC2=C(CC)C=CC2=P1. The lowest BCUT2D eigenvalue weighted by molar-refractivity contribution is 1.14. The highest BCUT2D eigenvalue weighted by molar-refractivity contribution is 7.47. The van der Waals surface area contributed by atoms with Gasteiger partial charge in [0.2, 0.25) is 0 Å². The van der Waals surface area contributed by atoms with Crippen LogP contribution in [0, 0.1) is 0 Å². The Labute approximate surface area is 75.5 Å². The molecule has 0 aromatic heterocycles. The van der Waals surface area contributed by atoms with Gasteiger partial charge in [0.05, 0.1) is 0 Å². The standard InChI is InChI=1S/C11H13P/c1-3-8-5-6-11-10(8)7-9(4-2)12-11/h5-7H,3-4H2,1-2H3. The molecule has 0 nitrogen and oxygen atoms in total.